The van der Waals surface area contributed by atoms with Crippen molar-refractivity contribution in [2.75, 3.05) is 4.90 Å². The summed E-state index contributed by atoms with van der Waals surface area (Å²) >= 11 is 1.89. The topological polar surface area (TPSA) is 3.24 Å². The van der Waals surface area contributed by atoms with Gasteiger partial charge in [-0.1, -0.05) is 211 Å². The highest BCUT2D eigenvalue weighted by Gasteiger charge is 2.36. The van der Waals surface area contributed by atoms with Crippen LogP contribution in [0.25, 0.3) is 86.6 Å². The number of hydrogen-bond donors (Lipinski definition) is 0. The Balaban J connectivity index is 1.11. The van der Waals surface area contributed by atoms with Crippen LogP contribution < -0.4 is 4.90 Å². The van der Waals surface area contributed by atoms with Crippen LogP contribution in [0.2, 0.25) is 0 Å². The number of benzene rings is 10. The van der Waals surface area contributed by atoms with Gasteiger partial charge in [0.15, 0.2) is 0 Å². The lowest BCUT2D eigenvalue weighted by atomic mass is 9.82. The lowest BCUT2D eigenvalue weighted by molar-refractivity contribution is 0.590. The van der Waals surface area contributed by atoms with E-state index >= 15 is 0 Å². The van der Waals surface area contributed by atoms with Crippen molar-refractivity contribution in [3.05, 3.63) is 235 Å². The van der Waals surface area contributed by atoms with E-state index in [-0.39, 0.29) is 10.8 Å². The lowest BCUT2D eigenvalue weighted by Crippen LogP contribution is -2.15. The Morgan fingerprint density at radius 3 is 1.84 bits per heavy atom. The number of anilines is 3. The molecule has 0 radical (unpaired) electrons. The van der Waals surface area contributed by atoms with Crippen molar-refractivity contribution in [2.24, 2.45) is 0 Å². The predicted molar refractivity (Wildman–Crippen MR) is 290 cm³/mol. The van der Waals surface area contributed by atoms with Gasteiger partial charge in [0, 0.05) is 42.5 Å². The molecule has 0 atom stereocenters. The molecule has 0 fully saturated rings. The van der Waals surface area contributed by atoms with Gasteiger partial charge < -0.3 is 4.90 Å². The molecule has 67 heavy (non-hydrogen) atoms. The van der Waals surface area contributed by atoms with Crippen molar-refractivity contribution in [1.82, 2.24) is 0 Å². The van der Waals surface area contributed by atoms with Gasteiger partial charge in [-0.2, -0.15) is 0 Å². The summed E-state index contributed by atoms with van der Waals surface area (Å²) in [6, 6.07) is 81.7. The van der Waals surface area contributed by atoms with Gasteiger partial charge in [0.25, 0.3) is 0 Å². The fourth-order valence-corrected chi connectivity index (χ4v) is 12.0. The summed E-state index contributed by atoms with van der Waals surface area (Å²) in [5.74, 6) is 0. The van der Waals surface area contributed by atoms with Crippen LogP contribution in [0.15, 0.2) is 218 Å². The molecule has 1 aliphatic rings. The van der Waals surface area contributed by atoms with E-state index in [1.54, 1.807) is 0 Å². The minimum Gasteiger partial charge on any atom is -0.310 e. The van der Waals surface area contributed by atoms with Crippen molar-refractivity contribution in [1.29, 1.82) is 0 Å². The second-order valence-electron chi connectivity index (χ2n) is 19.7. The van der Waals surface area contributed by atoms with E-state index in [1.165, 1.54) is 103 Å². The monoisotopic (exact) mass is 877 g/mol. The van der Waals surface area contributed by atoms with Crippen molar-refractivity contribution < 1.29 is 0 Å². The Kier molecular flexibility index (Phi) is 9.68. The Bertz CT molecular complexity index is 3700. The first-order valence-corrected chi connectivity index (χ1v) is 24.3. The van der Waals surface area contributed by atoms with Gasteiger partial charge >= 0.3 is 0 Å². The molecule has 1 heterocycles. The molecule has 12 rings (SSSR count). The smallest absolute Gasteiger partial charge is 0.0546 e. The highest BCUT2D eigenvalue weighted by Crippen LogP contribution is 2.53. The molecule has 0 unspecified atom stereocenters. The maximum absolute atomic E-state index is 2.52. The summed E-state index contributed by atoms with van der Waals surface area (Å²) < 4.78 is 2.64. The molecule has 0 amide bonds. The predicted octanol–water partition coefficient (Wildman–Crippen LogP) is 18.9. The largest absolute Gasteiger partial charge is 0.310 e. The molecule has 0 bridgehead atoms. The van der Waals surface area contributed by atoms with Gasteiger partial charge in [-0.15, -0.1) is 11.3 Å². The number of rotatable bonds is 7. The minimum atomic E-state index is -0.105. The molecule has 0 spiro atoms. The van der Waals surface area contributed by atoms with E-state index in [4.69, 9.17) is 0 Å². The average molecular weight is 878 g/mol. The van der Waals surface area contributed by atoms with Crippen LogP contribution in [0.4, 0.5) is 17.1 Å². The fraction of sp³-hybridized carbons (Fsp3) is 0.108. The summed E-state index contributed by atoms with van der Waals surface area (Å²) in [7, 11) is 0. The highest BCUT2D eigenvalue weighted by molar-refractivity contribution is 7.26. The van der Waals surface area contributed by atoms with Gasteiger partial charge in [0.05, 0.1) is 5.69 Å². The molecule has 10 aromatic carbocycles. The van der Waals surface area contributed by atoms with Crippen LogP contribution in [-0.4, -0.2) is 0 Å². The van der Waals surface area contributed by atoms with Crippen molar-refractivity contribution in [3.63, 3.8) is 0 Å². The molecule has 0 saturated heterocycles. The van der Waals surface area contributed by atoms with Crippen LogP contribution in [0.1, 0.15) is 51.3 Å². The molecular formula is C65H51NS. The third-order valence-corrected chi connectivity index (χ3v) is 15.5. The number of hydrogen-bond acceptors (Lipinski definition) is 2. The highest BCUT2D eigenvalue weighted by atomic mass is 32.1. The molecule has 0 aliphatic heterocycles. The first-order valence-electron chi connectivity index (χ1n) is 23.5. The van der Waals surface area contributed by atoms with Crippen LogP contribution in [0, 0.1) is 0 Å². The summed E-state index contributed by atoms with van der Waals surface area (Å²) in [5, 5.41) is 5.05. The zero-order chi connectivity index (χ0) is 45.4. The summed E-state index contributed by atoms with van der Waals surface area (Å²) in [6.07, 6.45) is 0. The number of fused-ring (bicyclic) bond motifs is 7. The third-order valence-electron chi connectivity index (χ3n) is 14.2. The van der Waals surface area contributed by atoms with E-state index in [0.29, 0.717) is 0 Å². The van der Waals surface area contributed by atoms with Crippen molar-refractivity contribution in [2.45, 2.75) is 45.4 Å². The van der Waals surface area contributed by atoms with E-state index in [2.05, 4.69) is 258 Å². The second kappa shape index (κ2) is 15.8. The standard InChI is InChI=1S/C65H51NS/c1-64(2,3)47-32-29-44(30-33-47)50-36-34-48(40-56(50)42-17-7-6-8-18-42)66(49-35-37-59-57(41-49)53-23-11-13-27-58(53)65(59,4)5)60-38-31-43-19-9-10-22-51(43)62(60)46-21-15-20-45(39-46)52-25-16-26-55-54-24-12-14-28-61(54)67-63(52)55/h6-41H,1-5H3. The van der Waals surface area contributed by atoms with Crippen molar-refractivity contribution >= 4 is 59.3 Å². The molecule has 1 aliphatic carbocycles. The van der Waals surface area contributed by atoms with E-state index < -0.39 is 0 Å². The van der Waals surface area contributed by atoms with E-state index in [1.807, 2.05) is 11.3 Å². The Morgan fingerprint density at radius 2 is 1.01 bits per heavy atom. The Morgan fingerprint density at radius 1 is 0.403 bits per heavy atom. The Hall–Kier alpha value is -7.52. The maximum Gasteiger partial charge on any atom is 0.0546 e. The SMILES string of the molecule is CC(C)(C)c1ccc(-c2ccc(N(c3ccc4c(c3)-c3ccccc3C4(C)C)c3ccc4ccccc4c3-c3cccc(-c4cccc5c4sc4ccccc45)c3)cc2-c2ccccc2)cc1. The number of thiophene rings is 1. The van der Waals surface area contributed by atoms with Gasteiger partial charge in [-0.05, 0) is 125 Å². The normalized spacial score (nSPS) is 13.0. The first kappa shape index (κ1) is 40.9. The molecule has 0 saturated carbocycles. The molecule has 322 valence electrons. The van der Waals surface area contributed by atoms with Crippen molar-refractivity contribution in [3.8, 4) is 55.6 Å². The van der Waals surface area contributed by atoms with Gasteiger partial charge in [-0.3, -0.25) is 0 Å². The molecule has 11 aromatic rings. The molecule has 2 heteroatoms. The van der Waals surface area contributed by atoms with Crippen LogP contribution >= 0.6 is 11.3 Å². The molecule has 1 nitrogen and oxygen atoms in total. The summed E-state index contributed by atoms with van der Waals surface area (Å²) in [6.45, 7) is 11.6. The summed E-state index contributed by atoms with van der Waals surface area (Å²) in [4.78, 5) is 2.52. The van der Waals surface area contributed by atoms with Crippen LogP contribution in [-0.2, 0) is 10.8 Å². The summed E-state index contributed by atoms with van der Waals surface area (Å²) in [5.41, 5.74) is 19.6. The fourth-order valence-electron chi connectivity index (χ4n) is 10.8. The zero-order valence-electron chi connectivity index (χ0n) is 38.6. The molecule has 1 aromatic heterocycles. The molecular weight excluding hydrogens is 827 g/mol. The van der Waals surface area contributed by atoms with Crippen LogP contribution in [0.5, 0.6) is 0 Å². The zero-order valence-corrected chi connectivity index (χ0v) is 39.5. The van der Waals surface area contributed by atoms with Gasteiger partial charge in [-0.25, -0.2) is 0 Å². The quantitative estimate of drug-likeness (QED) is 0.154. The van der Waals surface area contributed by atoms with Crippen LogP contribution in [0.3, 0.4) is 0 Å². The van der Waals surface area contributed by atoms with Gasteiger partial charge in [0.2, 0.25) is 0 Å². The Labute approximate surface area is 398 Å². The van der Waals surface area contributed by atoms with Gasteiger partial charge in [0.1, 0.15) is 0 Å². The molecule has 0 N–H and O–H groups in total. The second-order valence-corrected chi connectivity index (χ2v) is 20.8. The van der Waals surface area contributed by atoms with E-state index in [0.717, 1.165) is 17.1 Å². The first-order chi connectivity index (χ1) is 32.6. The van der Waals surface area contributed by atoms with E-state index in [9.17, 15) is 0 Å². The lowest BCUT2D eigenvalue weighted by Gasteiger charge is -2.30. The maximum atomic E-state index is 2.52. The number of nitrogens with zero attached hydrogens (tertiary/aromatic N) is 1. The average Bonchev–Trinajstić information content (AvgIpc) is 3.85. The third kappa shape index (κ3) is 6.90. The minimum absolute atomic E-state index is 0.0692.